The predicted molar refractivity (Wildman–Crippen MR) is 68.2 cm³/mol. The average molecular weight is 258 g/mol. The first-order chi connectivity index (χ1) is 7.99. The quantitative estimate of drug-likeness (QED) is 0.720. The van der Waals surface area contributed by atoms with Crippen LogP contribution in [0.5, 0.6) is 0 Å². The van der Waals surface area contributed by atoms with Crippen molar-refractivity contribution in [3.8, 4) is 0 Å². The highest BCUT2D eigenvalue weighted by Crippen LogP contribution is 2.25. The van der Waals surface area contributed by atoms with Crippen molar-refractivity contribution in [1.82, 2.24) is 9.88 Å². The first kappa shape index (κ1) is 12.6. The van der Waals surface area contributed by atoms with Gasteiger partial charge in [-0.3, -0.25) is 0 Å². The zero-order valence-electron chi connectivity index (χ0n) is 10.4. The van der Waals surface area contributed by atoms with Gasteiger partial charge in [-0.2, -0.15) is 4.39 Å². The van der Waals surface area contributed by atoms with E-state index < -0.39 is 5.95 Å². The molecule has 0 amide bonds. The molecule has 0 N–H and O–H groups in total. The molecular formula is C12H17ClFN3. The average Bonchev–Trinajstić information content (AvgIpc) is 2.25. The van der Waals surface area contributed by atoms with Crippen molar-refractivity contribution in [2.24, 2.45) is 0 Å². The van der Waals surface area contributed by atoms with Gasteiger partial charge in [0.25, 0.3) is 0 Å². The largest absolute Gasteiger partial charge is 0.351 e. The molecular weight excluding hydrogens is 241 g/mol. The van der Waals surface area contributed by atoms with Gasteiger partial charge in [0.1, 0.15) is 5.82 Å². The Balaban J connectivity index is 2.28. The topological polar surface area (TPSA) is 19.4 Å². The van der Waals surface area contributed by atoms with Crippen LogP contribution in [0.4, 0.5) is 10.2 Å². The third-order valence-corrected chi connectivity index (χ3v) is 3.66. The minimum Gasteiger partial charge on any atom is -0.351 e. The Labute approximate surface area is 106 Å². The van der Waals surface area contributed by atoms with E-state index in [0.717, 1.165) is 25.2 Å². The molecule has 5 heteroatoms. The van der Waals surface area contributed by atoms with Crippen LogP contribution < -0.4 is 4.90 Å². The van der Waals surface area contributed by atoms with E-state index >= 15 is 0 Å². The van der Waals surface area contributed by atoms with E-state index in [1.54, 1.807) is 6.92 Å². The molecule has 0 saturated carbocycles. The zero-order chi connectivity index (χ0) is 12.6. The lowest BCUT2D eigenvalue weighted by molar-refractivity contribution is 0.274. The Bertz CT molecular complexity index is 401. The van der Waals surface area contributed by atoms with Crippen molar-refractivity contribution < 1.29 is 4.39 Å². The van der Waals surface area contributed by atoms with Crippen LogP contribution in [0.3, 0.4) is 0 Å². The molecule has 0 aliphatic carbocycles. The van der Waals surface area contributed by atoms with Gasteiger partial charge >= 0.3 is 0 Å². The summed E-state index contributed by atoms with van der Waals surface area (Å²) in [5.74, 6) is 0.109. The van der Waals surface area contributed by atoms with Gasteiger partial charge in [-0.1, -0.05) is 11.6 Å². The Morgan fingerprint density at radius 2 is 2.18 bits per heavy atom. The van der Waals surface area contributed by atoms with Crippen molar-refractivity contribution in [3.63, 3.8) is 0 Å². The number of hydrogen-bond acceptors (Lipinski definition) is 3. The Morgan fingerprint density at radius 3 is 2.76 bits per heavy atom. The van der Waals surface area contributed by atoms with Gasteiger partial charge in [-0.05, 0) is 32.5 Å². The summed E-state index contributed by atoms with van der Waals surface area (Å²) in [4.78, 5) is 8.34. The van der Waals surface area contributed by atoms with Crippen LogP contribution in [0.25, 0.3) is 0 Å². The summed E-state index contributed by atoms with van der Waals surface area (Å²) in [6.07, 6.45) is 0. The number of aryl methyl sites for hydroxylation is 1. The standard InChI is InChI=1S/C12H17ClFN3/c1-8-6-10(15-12(14)11(8)13)17-5-4-16(3)7-9(17)2/h6,9H,4-5,7H2,1-3H3/t9-/m0/s1. The van der Waals surface area contributed by atoms with Gasteiger partial charge in [0.15, 0.2) is 0 Å². The first-order valence-electron chi connectivity index (χ1n) is 5.77. The first-order valence-corrected chi connectivity index (χ1v) is 6.14. The Kier molecular flexibility index (Phi) is 3.54. The fourth-order valence-electron chi connectivity index (χ4n) is 2.23. The van der Waals surface area contributed by atoms with Crippen LogP contribution in [0.15, 0.2) is 6.07 Å². The second-order valence-corrected chi connectivity index (χ2v) is 5.08. The van der Waals surface area contributed by atoms with Gasteiger partial charge in [-0.25, -0.2) is 4.98 Å². The highest BCUT2D eigenvalue weighted by atomic mass is 35.5. The van der Waals surface area contributed by atoms with E-state index in [-0.39, 0.29) is 5.02 Å². The van der Waals surface area contributed by atoms with Crippen LogP contribution in [0, 0.1) is 12.9 Å². The van der Waals surface area contributed by atoms with Crippen molar-refractivity contribution in [1.29, 1.82) is 0 Å². The second kappa shape index (κ2) is 4.78. The highest BCUT2D eigenvalue weighted by Gasteiger charge is 2.23. The Hall–Kier alpha value is -0.870. The fraction of sp³-hybridized carbons (Fsp3) is 0.583. The molecule has 3 nitrogen and oxygen atoms in total. The SMILES string of the molecule is Cc1cc(N2CCN(C)C[C@@H]2C)nc(F)c1Cl. The number of pyridine rings is 1. The van der Waals surface area contributed by atoms with E-state index in [2.05, 4.69) is 28.8 Å². The van der Waals surface area contributed by atoms with E-state index in [4.69, 9.17) is 11.6 Å². The number of anilines is 1. The summed E-state index contributed by atoms with van der Waals surface area (Å²) in [6, 6.07) is 2.19. The normalized spacial score (nSPS) is 21.9. The summed E-state index contributed by atoms with van der Waals surface area (Å²) in [7, 11) is 2.09. The number of hydrogen-bond donors (Lipinski definition) is 0. The van der Waals surface area contributed by atoms with E-state index in [1.807, 2.05) is 6.07 Å². The summed E-state index contributed by atoms with van der Waals surface area (Å²) >= 11 is 5.78. The van der Waals surface area contributed by atoms with Gasteiger partial charge in [0, 0.05) is 25.7 Å². The van der Waals surface area contributed by atoms with Crippen LogP contribution >= 0.6 is 11.6 Å². The maximum absolute atomic E-state index is 13.5. The van der Waals surface area contributed by atoms with E-state index in [0.29, 0.717) is 11.9 Å². The molecule has 1 atom stereocenters. The molecule has 1 aromatic rings. The van der Waals surface area contributed by atoms with Crippen LogP contribution in [0.1, 0.15) is 12.5 Å². The fourth-order valence-corrected chi connectivity index (χ4v) is 2.33. The molecule has 1 saturated heterocycles. The molecule has 2 rings (SSSR count). The number of halogens is 2. The zero-order valence-corrected chi connectivity index (χ0v) is 11.1. The maximum atomic E-state index is 13.5. The third-order valence-electron chi connectivity index (χ3n) is 3.21. The van der Waals surface area contributed by atoms with E-state index in [1.165, 1.54) is 0 Å². The van der Waals surface area contributed by atoms with Crippen LogP contribution in [-0.4, -0.2) is 42.6 Å². The van der Waals surface area contributed by atoms with Crippen LogP contribution in [0.2, 0.25) is 5.02 Å². The van der Waals surface area contributed by atoms with Gasteiger partial charge in [0.2, 0.25) is 5.95 Å². The minimum atomic E-state index is -0.576. The molecule has 1 aliphatic heterocycles. The summed E-state index contributed by atoms with van der Waals surface area (Å²) < 4.78 is 13.5. The van der Waals surface area contributed by atoms with Crippen molar-refractivity contribution in [2.75, 3.05) is 31.6 Å². The minimum absolute atomic E-state index is 0.121. The Morgan fingerprint density at radius 1 is 1.47 bits per heavy atom. The van der Waals surface area contributed by atoms with Gasteiger partial charge in [0.05, 0.1) is 5.02 Å². The summed E-state index contributed by atoms with van der Waals surface area (Å²) in [6.45, 7) is 6.72. The lowest BCUT2D eigenvalue weighted by atomic mass is 10.2. The molecule has 0 unspecified atom stereocenters. The third kappa shape index (κ3) is 2.53. The second-order valence-electron chi connectivity index (χ2n) is 4.71. The number of rotatable bonds is 1. The number of piperazine rings is 1. The highest BCUT2D eigenvalue weighted by molar-refractivity contribution is 6.31. The molecule has 1 aromatic heterocycles. The molecule has 2 heterocycles. The van der Waals surface area contributed by atoms with Gasteiger partial charge < -0.3 is 9.80 Å². The number of aromatic nitrogens is 1. The number of nitrogens with zero attached hydrogens (tertiary/aromatic N) is 3. The molecule has 0 aromatic carbocycles. The monoisotopic (exact) mass is 257 g/mol. The summed E-state index contributed by atoms with van der Waals surface area (Å²) in [5, 5.41) is 0.121. The molecule has 0 radical (unpaired) electrons. The predicted octanol–water partition coefficient (Wildman–Crippen LogP) is 2.32. The van der Waals surface area contributed by atoms with Crippen molar-refractivity contribution in [2.45, 2.75) is 19.9 Å². The van der Waals surface area contributed by atoms with Crippen molar-refractivity contribution >= 4 is 17.4 Å². The maximum Gasteiger partial charge on any atom is 0.233 e. The molecule has 17 heavy (non-hydrogen) atoms. The molecule has 1 aliphatic rings. The van der Waals surface area contributed by atoms with Gasteiger partial charge in [-0.15, -0.1) is 0 Å². The number of likely N-dealkylation sites (N-methyl/N-ethyl adjacent to an activating group) is 1. The smallest absolute Gasteiger partial charge is 0.233 e. The molecule has 0 spiro atoms. The lowest BCUT2D eigenvalue weighted by Crippen LogP contribution is -2.50. The summed E-state index contributed by atoms with van der Waals surface area (Å²) in [5.41, 5.74) is 0.736. The molecule has 0 bridgehead atoms. The molecule has 1 fully saturated rings. The van der Waals surface area contributed by atoms with Crippen LogP contribution in [-0.2, 0) is 0 Å². The molecule has 94 valence electrons. The lowest BCUT2D eigenvalue weighted by Gasteiger charge is -2.39. The van der Waals surface area contributed by atoms with Crippen molar-refractivity contribution in [3.05, 3.63) is 22.6 Å². The van der Waals surface area contributed by atoms with E-state index in [9.17, 15) is 4.39 Å².